The molecule has 0 aliphatic carbocycles. The Bertz CT molecular complexity index is 1040. The summed E-state index contributed by atoms with van der Waals surface area (Å²) in [6.45, 7) is 3.50. The van der Waals surface area contributed by atoms with Crippen LogP contribution in [0.5, 0.6) is 0 Å². The second kappa shape index (κ2) is 9.60. The van der Waals surface area contributed by atoms with E-state index < -0.39 is 0 Å². The van der Waals surface area contributed by atoms with Gasteiger partial charge in [0.05, 0.1) is 5.56 Å². The summed E-state index contributed by atoms with van der Waals surface area (Å²) < 4.78 is 5.59. The summed E-state index contributed by atoms with van der Waals surface area (Å²) in [5.41, 5.74) is 2.57. The largest absolute Gasteiger partial charge is 0.443 e. The fourth-order valence-electron chi connectivity index (χ4n) is 3.95. The highest BCUT2D eigenvalue weighted by Gasteiger charge is 2.26. The van der Waals surface area contributed by atoms with Gasteiger partial charge in [0.15, 0.2) is 17.8 Å². The predicted octanol–water partition coefficient (Wildman–Crippen LogP) is 4.33. The zero-order valence-electron chi connectivity index (χ0n) is 17.7. The quantitative estimate of drug-likeness (QED) is 0.621. The molecular weight excluding hydrogens is 390 g/mol. The van der Waals surface area contributed by atoms with Gasteiger partial charge in [0.2, 0.25) is 0 Å². The van der Waals surface area contributed by atoms with E-state index in [0.29, 0.717) is 16.9 Å². The molecule has 2 aromatic carbocycles. The molecule has 6 nitrogen and oxygen atoms in total. The number of carbonyl (C=O) groups excluding carboxylic acids is 2. The highest BCUT2D eigenvalue weighted by atomic mass is 16.3. The van der Waals surface area contributed by atoms with E-state index in [2.05, 4.69) is 22.4 Å². The lowest BCUT2D eigenvalue weighted by Crippen LogP contribution is -2.33. The summed E-state index contributed by atoms with van der Waals surface area (Å²) in [6, 6.07) is 17.4. The molecule has 1 aliphatic heterocycles. The maximum Gasteiger partial charge on any atom is 0.274 e. The van der Waals surface area contributed by atoms with Gasteiger partial charge in [-0.25, -0.2) is 4.98 Å². The van der Waals surface area contributed by atoms with Gasteiger partial charge in [-0.1, -0.05) is 48.5 Å². The number of aromatic nitrogens is 1. The van der Waals surface area contributed by atoms with Crippen molar-refractivity contribution in [2.75, 3.05) is 13.1 Å². The van der Waals surface area contributed by atoms with Crippen LogP contribution in [0.1, 0.15) is 52.6 Å². The topological polar surface area (TPSA) is 75.4 Å². The number of amides is 2. The van der Waals surface area contributed by atoms with Gasteiger partial charge in [0.25, 0.3) is 11.8 Å². The van der Waals surface area contributed by atoms with Gasteiger partial charge in [0, 0.05) is 24.7 Å². The SMILES string of the molecule is CC(CCc1ccccc1)NC(=O)c1ncoc1-c1ccccc1C(=O)N1CCCC1. The Morgan fingerprint density at radius 1 is 1.06 bits per heavy atom. The zero-order chi connectivity index (χ0) is 21.6. The fraction of sp³-hybridized carbons (Fsp3) is 0.320. The third kappa shape index (κ3) is 4.85. The van der Waals surface area contributed by atoms with Gasteiger partial charge >= 0.3 is 0 Å². The third-order valence-corrected chi connectivity index (χ3v) is 5.66. The van der Waals surface area contributed by atoms with E-state index >= 15 is 0 Å². The fourth-order valence-corrected chi connectivity index (χ4v) is 3.95. The first-order chi connectivity index (χ1) is 15.1. The number of likely N-dealkylation sites (tertiary alicyclic amines) is 1. The van der Waals surface area contributed by atoms with Gasteiger partial charge in [-0.3, -0.25) is 9.59 Å². The minimum absolute atomic E-state index is 0.0290. The second-order valence-corrected chi connectivity index (χ2v) is 7.97. The lowest BCUT2D eigenvalue weighted by molar-refractivity contribution is 0.0792. The monoisotopic (exact) mass is 417 g/mol. The summed E-state index contributed by atoms with van der Waals surface area (Å²) in [4.78, 5) is 31.9. The van der Waals surface area contributed by atoms with Crippen molar-refractivity contribution in [2.45, 2.75) is 38.6 Å². The van der Waals surface area contributed by atoms with E-state index in [9.17, 15) is 9.59 Å². The Kier molecular flexibility index (Phi) is 6.46. The molecule has 2 heterocycles. The lowest BCUT2D eigenvalue weighted by atomic mass is 10.0. The van der Waals surface area contributed by atoms with E-state index in [-0.39, 0.29) is 23.6 Å². The van der Waals surface area contributed by atoms with Crippen LogP contribution in [-0.2, 0) is 6.42 Å². The van der Waals surface area contributed by atoms with E-state index in [0.717, 1.165) is 38.8 Å². The van der Waals surface area contributed by atoms with Crippen molar-refractivity contribution in [2.24, 2.45) is 0 Å². The summed E-state index contributed by atoms with van der Waals surface area (Å²) in [6.07, 6.45) is 4.99. The first-order valence-electron chi connectivity index (χ1n) is 10.8. The molecule has 3 aromatic rings. The second-order valence-electron chi connectivity index (χ2n) is 7.97. The number of carbonyl (C=O) groups is 2. The van der Waals surface area contributed by atoms with E-state index in [1.807, 2.05) is 42.2 Å². The van der Waals surface area contributed by atoms with E-state index in [1.54, 1.807) is 12.1 Å². The first kappa shape index (κ1) is 20.8. The third-order valence-electron chi connectivity index (χ3n) is 5.66. The van der Waals surface area contributed by atoms with Gasteiger partial charge in [-0.15, -0.1) is 0 Å². The summed E-state index contributed by atoms with van der Waals surface area (Å²) in [5, 5.41) is 3.01. The number of aryl methyl sites for hydroxylation is 1. The van der Waals surface area contributed by atoms with E-state index in [4.69, 9.17) is 4.42 Å². The van der Waals surface area contributed by atoms with Crippen molar-refractivity contribution in [3.8, 4) is 11.3 Å². The average Bonchev–Trinajstić information content (AvgIpc) is 3.50. The molecule has 6 heteroatoms. The molecule has 2 amide bonds. The van der Waals surface area contributed by atoms with Gasteiger partial charge < -0.3 is 14.6 Å². The van der Waals surface area contributed by atoms with Crippen molar-refractivity contribution in [3.05, 3.63) is 77.8 Å². The minimum atomic E-state index is -0.298. The van der Waals surface area contributed by atoms with Crippen LogP contribution in [0.25, 0.3) is 11.3 Å². The number of hydrogen-bond donors (Lipinski definition) is 1. The molecule has 1 aliphatic rings. The van der Waals surface area contributed by atoms with Gasteiger partial charge in [-0.2, -0.15) is 0 Å². The Hall–Kier alpha value is -3.41. The van der Waals surface area contributed by atoms with Crippen LogP contribution >= 0.6 is 0 Å². The normalized spacial score (nSPS) is 14.4. The Morgan fingerprint density at radius 2 is 1.77 bits per heavy atom. The van der Waals surface area contributed by atoms with Gasteiger partial charge in [0.1, 0.15) is 0 Å². The van der Waals surface area contributed by atoms with Crippen LogP contribution in [0.4, 0.5) is 0 Å². The highest BCUT2D eigenvalue weighted by Crippen LogP contribution is 2.28. The highest BCUT2D eigenvalue weighted by molar-refractivity contribution is 6.04. The molecule has 1 atom stereocenters. The van der Waals surface area contributed by atoms with Crippen LogP contribution in [0.2, 0.25) is 0 Å². The van der Waals surface area contributed by atoms with Crippen molar-refractivity contribution in [1.82, 2.24) is 15.2 Å². The molecule has 160 valence electrons. The molecule has 1 aromatic heterocycles. The van der Waals surface area contributed by atoms with Crippen molar-refractivity contribution in [1.29, 1.82) is 0 Å². The number of hydrogen-bond acceptors (Lipinski definition) is 4. The maximum absolute atomic E-state index is 13.0. The first-order valence-corrected chi connectivity index (χ1v) is 10.8. The molecular formula is C25H27N3O3. The van der Waals surface area contributed by atoms with Crippen molar-refractivity contribution < 1.29 is 14.0 Å². The zero-order valence-corrected chi connectivity index (χ0v) is 17.7. The number of nitrogens with one attached hydrogen (secondary N) is 1. The Balaban J connectivity index is 1.49. The standard InChI is InChI=1S/C25H27N3O3/c1-18(13-14-19-9-3-2-4-10-19)27-24(29)22-23(31-17-26-22)20-11-5-6-12-21(20)25(30)28-15-7-8-16-28/h2-6,9-12,17-18H,7-8,13-16H2,1H3,(H,27,29). The number of rotatable bonds is 7. The maximum atomic E-state index is 13.0. The molecule has 1 fully saturated rings. The number of nitrogens with zero attached hydrogens (tertiary/aromatic N) is 2. The minimum Gasteiger partial charge on any atom is -0.443 e. The summed E-state index contributed by atoms with van der Waals surface area (Å²) in [7, 11) is 0. The van der Waals surface area contributed by atoms with Crippen LogP contribution < -0.4 is 5.32 Å². The summed E-state index contributed by atoms with van der Waals surface area (Å²) in [5.74, 6) is -0.00395. The lowest BCUT2D eigenvalue weighted by Gasteiger charge is -2.17. The molecule has 0 saturated carbocycles. The average molecular weight is 418 g/mol. The Labute approximate surface area is 182 Å². The molecule has 4 rings (SSSR count). The summed E-state index contributed by atoms with van der Waals surface area (Å²) >= 11 is 0. The van der Waals surface area contributed by atoms with Crippen LogP contribution in [0.3, 0.4) is 0 Å². The molecule has 1 unspecified atom stereocenters. The molecule has 0 bridgehead atoms. The van der Waals surface area contributed by atoms with Gasteiger partial charge in [-0.05, 0) is 44.2 Å². The van der Waals surface area contributed by atoms with Crippen molar-refractivity contribution in [3.63, 3.8) is 0 Å². The van der Waals surface area contributed by atoms with E-state index in [1.165, 1.54) is 12.0 Å². The van der Waals surface area contributed by atoms with Crippen LogP contribution in [0, 0.1) is 0 Å². The molecule has 1 N–H and O–H groups in total. The van der Waals surface area contributed by atoms with Crippen molar-refractivity contribution >= 4 is 11.8 Å². The number of oxazole rings is 1. The smallest absolute Gasteiger partial charge is 0.274 e. The number of benzene rings is 2. The molecule has 0 spiro atoms. The molecule has 1 saturated heterocycles. The Morgan fingerprint density at radius 3 is 2.55 bits per heavy atom. The molecule has 0 radical (unpaired) electrons. The predicted molar refractivity (Wildman–Crippen MR) is 119 cm³/mol. The van der Waals surface area contributed by atoms with Crippen LogP contribution in [-0.4, -0.2) is 40.8 Å². The van der Waals surface area contributed by atoms with Crippen LogP contribution in [0.15, 0.2) is 65.4 Å². The molecule has 31 heavy (non-hydrogen) atoms.